The molecular formula is C20H23ClN4O4S2. The molecule has 2 heterocycles. The molecule has 0 radical (unpaired) electrons. The fourth-order valence-electron chi connectivity index (χ4n) is 2.85. The normalized spacial score (nSPS) is 11.7. The summed E-state index contributed by atoms with van der Waals surface area (Å²) in [7, 11) is -3.60. The van der Waals surface area contributed by atoms with Gasteiger partial charge in [0, 0.05) is 23.5 Å². The number of nitrogens with one attached hydrogen (secondary N) is 1. The zero-order valence-corrected chi connectivity index (χ0v) is 19.6. The maximum Gasteiger partial charge on any atom is 0.322 e. The first kappa shape index (κ1) is 23.4. The second-order valence-electron chi connectivity index (χ2n) is 6.71. The Labute approximate surface area is 190 Å². The summed E-state index contributed by atoms with van der Waals surface area (Å²) in [6.45, 7) is 4.68. The molecule has 0 unspecified atom stereocenters. The maximum atomic E-state index is 12.8. The number of anilines is 1. The van der Waals surface area contributed by atoms with E-state index in [-0.39, 0.29) is 16.5 Å². The second-order valence-corrected chi connectivity index (χ2v) is 10.4. The molecule has 0 fully saturated rings. The Bertz CT molecular complexity index is 1130. The predicted molar refractivity (Wildman–Crippen MR) is 120 cm³/mol. The number of carbonyl (C=O) groups is 1. The van der Waals surface area contributed by atoms with E-state index in [4.69, 9.17) is 16.0 Å². The van der Waals surface area contributed by atoms with Gasteiger partial charge in [0.1, 0.15) is 0 Å². The summed E-state index contributed by atoms with van der Waals surface area (Å²) in [5.74, 6) is -0.126. The van der Waals surface area contributed by atoms with E-state index in [1.54, 1.807) is 13.0 Å². The van der Waals surface area contributed by atoms with Crippen LogP contribution in [0.1, 0.15) is 47.8 Å². The van der Waals surface area contributed by atoms with Crippen LogP contribution < -0.4 is 5.32 Å². The lowest BCUT2D eigenvalue weighted by atomic mass is 10.2. The number of amides is 1. The molecule has 0 aliphatic carbocycles. The first-order valence-corrected chi connectivity index (χ1v) is 12.4. The molecular weight excluding hydrogens is 460 g/mol. The number of halogens is 1. The lowest BCUT2D eigenvalue weighted by Gasteiger charge is -2.20. The van der Waals surface area contributed by atoms with Gasteiger partial charge in [0.05, 0.1) is 15.7 Å². The third kappa shape index (κ3) is 5.91. The topological polar surface area (TPSA) is 105 Å². The van der Waals surface area contributed by atoms with Crippen molar-refractivity contribution >= 4 is 44.9 Å². The minimum absolute atomic E-state index is 0.0314. The summed E-state index contributed by atoms with van der Waals surface area (Å²) in [6, 6.07) is 9.40. The molecule has 0 saturated carbocycles. The highest BCUT2D eigenvalue weighted by molar-refractivity contribution is 7.89. The van der Waals surface area contributed by atoms with Gasteiger partial charge in [-0.1, -0.05) is 37.0 Å². The standard InChI is InChI=1S/C20H23ClN4O4S2/c1-3-5-12-25(4-2)31(27,28)16-9-6-14(7-10-16)19(26)22-20-24-23-18(29-20)13-15-8-11-17(21)30-15/h6-11H,3-5,12-13H2,1-2H3,(H,22,24,26). The van der Waals surface area contributed by atoms with Crippen molar-refractivity contribution in [3.8, 4) is 0 Å². The molecule has 0 atom stereocenters. The van der Waals surface area contributed by atoms with E-state index in [1.165, 1.54) is 39.9 Å². The number of benzene rings is 1. The smallest absolute Gasteiger partial charge is 0.322 e. The highest BCUT2D eigenvalue weighted by Crippen LogP contribution is 2.24. The van der Waals surface area contributed by atoms with Crippen LogP contribution >= 0.6 is 22.9 Å². The van der Waals surface area contributed by atoms with Gasteiger partial charge < -0.3 is 4.42 Å². The van der Waals surface area contributed by atoms with Crippen LogP contribution in [0.4, 0.5) is 6.01 Å². The Morgan fingerprint density at radius 3 is 2.52 bits per heavy atom. The van der Waals surface area contributed by atoms with Crippen LogP contribution in [-0.4, -0.2) is 41.9 Å². The molecule has 1 aromatic carbocycles. The van der Waals surface area contributed by atoms with Crippen molar-refractivity contribution in [3.05, 3.63) is 57.1 Å². The predicted octanol–water partition coefficient (Wildman–Crippen LogP) is 4.44. The van der Waals surface area contributed by atoms with Crippen LogP contribution in [0.2, 0.25) is 4.34 Å². The molecule has 0 saturated heterocycles. The van der Waals surface area contributed by atoms with Crippen molar-refractivity contribution in [2.45, 2.75) is 38.0 Å². The monoisotopic (exact) mass is 482 g/mol. The summed E-state index contributed by atoms with van der Waals surface area (Å²) in [5.41, 5.74) is 0.278. The van der Waals surface area contributed by atoms with Gasteiger partial charge in [-0.05, 0) is 42.8 Å². The third-order valence-electron chi connectivity index (χ3n) is 4.51. The highest BCUT2D eigenvalue weighted by atomic mass is 35.5. The minimum atomic E-state index is -3.60. The summed E-state index contributed by atoms with van der Waals surface area (Å²) in [4.78, 5) is 13.6. The molecule has 0 aliphatic heterocycles. The Morgan fingerprint density at radius 1 is 1.16 bits per heavy atom. The van der Waals surface area contributed by atoms with Crippen LogP contribution in [0.5, 0.6) is 0 Å². The minimum Gasteiger partial charge on any atom is -0.407 e. The van der Waals surface area contributed by atoms with E-state index < -0.39 is 15.9 Å². The number of hydrogen-bond donors (Lipinski definition) is 1. The average Bonchev–Trinajstić information content (AvgIpc) is 3.37. The van der Waals surface area contributed by atoms with Gasteiger partial charge in [-0.15, -0.1) is 16.4 Å². The van der Waals surface area contributed by atoms with Crippen molar-refractivity contribution in [3.63, 3.8) is 0 Å². The number of sulfonamides is 1. The molecule has 0 bridgehead atoms. The zero-order chi connectivity index (χ0) is 22.4. The molecule has 166 valence electrons. The van der Waals surface area contributed by atoms with E-state index >= 15 is 0 Å². The van der Waals surface area contributed by atoms with Crippen molar-refractivity contribution in [2.24, 2.45) is 0 Å². The first-order chi connectivity index (χ1) is 14.8. The number of unbranched alkanes of at least 4 members (excludes halogenated alkanes) is 1. The van der Waals surface area contributed by atoms with E-state index in [9.17, 15) is 13.2 Å². The molecule has 8 nitrogen and oxygen atoms in total. The van der Waals surface area contributed by atoms with E-state index in [0.717, 1.165) is 17.7 Å². The summed E-state index contributed by atoms with van der Waals surface area (Å²) < 4.78 is 33.1. The lowest BCUT2D eigenvalue weighted by Crippen LogP contribution is -2.31. The Kier molecular flexibility index (Phi) is 7.82. The van der Waals surface area contributed by atoms with Gasteiger partial charge in [-0.25, -0.2) is 8.42 Å². The van der Waals surface area contributed by atoms with Crippen LogP contribution in [0, 0.1) is 0 Å². The zero-order valence-electron chi connectivity index (χ0n) is 17.2. The van der Waals surface area contributed by atoms with Gasteiger partial charge in [0.15, 0.2) is 0 Å². The molecule has 11 heteroatoms. The van der Waals surface area contributed by atoms with E-state index in [1.807, 2.05) is 13.0 Å². The lowest BCUT2D eigenvalue weighted by molar-refractivity contribution is 0.102. The molecule has 3 rings (SSSR count). The van der Waals surface area contributed by atoms with Gasteiger partial charge in [0.25, 0.3) is 5.91 Å². The van der Waals surface area contributed by atoms with Crippen molar-refractivity contribution in [2.75, 3.05) is 18.4 Å². The molecule has 1 amide bonds. The van der Waals surface area contributed by atoms with Crippen molar-refractivity contribution < 1.29 is 17.6 Å². The Hall–Kier alpha value is -2.27. The van der Waals surface area contributed by atoms with Gasteiger partial charge in [-0.3, -0.25) is 10.1 Å². The quantitative estimate of drug-likeness (QED) is 0.458. The number of thiophene rings is 1. The third-order valence-corrected chi connectivity index (χ3v) is 7.73. The summed E-state index contributed by atoms with van der Waals surface area (Å²) >= 11 is 7.32. The number of nitrogens with zero attached hydrogens (tertiary/aromatic N) is 3. The molecule has 0 spiro atoms. The summed E-state index contributed by atoms with van der Waals surface area (Å²) in [5, 5.41) is 10.3. The molecule has 2 aromatic heterocycles. The highest BCUT2D eigenvalue weighted by Gasteiger charge is 2.23. The SMILES string of the molecule is CCCCN(CC)S(=O)(=O)c1ccc(C(=O)Nc2nnc(Cc3ccc(Cl)s3)o2)cc1. The van der Waals surface area contributed by atoms with Crippen LogP contribution in [-0.2, 0) is 16.4 Å². The van der Waals surface area contributed by atoms with Crippen LogP contribution in [0.3, 0.4) is 0 Å². The van der Waals surface area contributed by atoms with Gasteiger partial charge in [-0.2, -0.15) is 4.31 Å². The van der Waals surface area contributed by atoms with E-state index in [0.29, 0.717) is 29.7 Å². The van der Waals surface area contributed by atoms with Gasteiger partial charge >= 0.3 is 6.01 Å². The van der Waals surface area contributed by atoms with Crippen LogP contribution in [0.25, 0.3) is 0 Å². The maximum absolute atomic E-state index is 12.8. The Balaban J connectivity index is 1.65. The average molecular weight is 483 g/mol. The number of carbonyl (C=O) groups excluding carboxylic acids is 1. The Morgan fingerprint density at radius 2 is 1.90 bits per heavy atom. The second kappa shape index (κ2) is 10.4. The van der Waals surface area contributed by atoms with Crippen molar-refractivity contribution in [1.29, 1.82) is 0 Å². The fraction of sp³-hybridized carbons (Fsp3) is 0.350. The molecule has 31 heavy (non-hydrogen) atoms. The molecule has 1 N–H and O–H groups in total. The summed E-state index contributed by atoms with van der Waals surface area (Å²) in [6.07, 6.45) is 2.11. The first-order valence-electron chi connectivity index (χ1n) is 9.81. The van der Waals surface area contributed by atoms with Crippen LogP contribution in [0.15, 0.2) is 45.7 Å². The molecule has 0 aliphatic rings. The largest absolute Gasteiger partial charge is 0.407 e. The fourth-order valence-corrected chi connectivity index (χ4v) is 5.42. The van der Waals surface area contributed by atoms with Crippen molar-refractivity contribution in [1.82, 2.24) is 14.5 Å². The van der Waals surface area contributed by atoms with Gasteiger partial charge in [0.2, 0.25) is 15.9 Å². The number of rotatable bonds is 10. The number of aromatic nitrogens is 2. The van der Waals surface area contributed by atoms with E-state index in [2.05, 4.69) is 15.5 Å². The molecule has 3 aromatic rings. The number of hydrogen-bond acceptors (Lipinski definition) is 7.